The standard InChI is InChI=1S/C23H31N3O3S/c1-17-7-6-12-26(15-17)16-21-9-5-4-8-20(21)14-24-23(27)19-11-10-18(2)22(13-19)25-30(3,28)29/h4-5,8-11,13,17,25H,6-7,12,14-16H2,1-3H3,(H,24,27). The van der Waals surface area contributed by atoms with Gasteiger partial charge in [-0.2, -0.15) is 0 Å². The number of sulfonamides is 1. The van der Waals surface area contributed by atoms with E-state index < -0.39 is 10.0 Å². The van der Waals surface area contributed by atoms with Crippen LogP contribution in [0.2, 0.25) is 0 Å². The van der Waals surface area contributed by atoms with Gasteiger partial charge in [-0.05, 0) is 61.1 Å². The second-order valence-corrected chi connectivity index (χ2v) is 10.1. The van der Waals surface area contributed by atoms with Crippen molar-refractivity contribution in [3.63, 3.8) is 0 Å². The number of carbonyl (C=O) groups is 1. The Morgan fingerprint density at radius 1 is 1.17 bits per heavy atom. The minimum Gasteiger partial charge on any atom is -0.348 e. The summed E-state index contributed by atoms with van der Waals surface area (Å²) in [5.74, 6) is 0.495. The van der Waals surface area contributed by atoms with Gasteiger partial charge in [0.2, 0.25) is 10.0 Å². The Morgan fingerprint density at radius 2 is 1.90 bits per heavy atom. The van der Waals surface area contributed by atoms with E-state index in [2.05, 4.69) is 34.0 Å². The van der Waals surface area contributed by atoms with Crippen molar-refractivity contribution < 1.29 is 13.2 Å². The largest absolute Gasteiger partial charge is 0.348 e. The van der Waals surface area contributed by atoms with E-state index in [1.54, 1.807) is 25.1 Å². The summed E-state index contributed by atoms with van der Waals surface area (Å²) in [6.45, 7) is 7.65. The number of nitrogens with zero attached hydrogens (tertiary/aromatic N) is 1. The van der Waals surface area contributed by atoms with Crippen molar-refractivity contribution >= 4 is 21.6 Å². The van der Waals surface area contributed by atoms with Gasteiger partial charge in [0.15, 0.2) is 0 Å². The van der Waals surface area contributed by atoms with E-state index in [0.717, 1.165) is 42.9 Å². The molecule has 0 bridgehead atoms. The molecule has 0 spiro atoms. The lowest BCUT2D eigenvalue weighted by molar-refractivity contribution is 0.0950. The van der Waals surface area contributed by atoms with Gasteiger partial charge >= 0.3 is 0 Å². The number of carbonyl (C=O) groups excluding carboxylic acids is 1. The summed E-state index contributed by atoms with van der Waals surface area (Å²) >= 11 is 0. The van der Waals surface area contributed by atoms with E-state index in [0.29, 0.717) is 17.8 Å². The Kier molecular flexibility index (Phi) is 7.15. The molecule has 2 aromatic carbocycles. The molecule has 2 N–H and O–H groups in total. The summed E-state index contributed by atoms with van der Waals surface area (Å²) in [6.07, 6.45) is 3.62. The third-order valence-corrected chi connectivity index (χ3v) is 6.08. The predicted octanol–water partition coefficient (Wildman–Crippen LogP) is 3.53. The van der Waals surface area contributed by atoms with Crippen LogP contribution in [-0.4, -0.2) is 38.6 Å². The highest BCUT2D eigenvalue weighted by Crippen LogP contribution is 2.20. The summed E-state index contributed by atoms with van der Waals surface area (Å²) in [5.41, 5.74) is 3.94. The SMILES string of the molecule is Cc1ccc(C(=O)NCc2ccccc2CN2CCCC(C)C2)cc1NS(C)(=O)=O. The number of likely N-dealkylation sites (tertiary alicyclic amines) is 1. The van der Waals surface area contributed by atoms with Gasteiger partial charge in [-0.15, -0.1) is 0 Å². The number of hydrogen-bond acceptors (Lipinski definition) is 4. The highest BCUT2D eigenvalue weighted by Gasteiger charge is 2.17. The van der Waals surface area contributed by atoms with Crippen molar-refractivity contribution in [2.24, 2.45) is 5.92 Å². The van der Waals surface area contributed by atoms with Crippen LogP contribution in [0.5, 0.6) is 0 Å². The van der Waals surface area contributed by atoms with Crippen LogP contribution in [0.25, 0.3) is 0 Å². The fourth-order valence-electron chi connectivity index (χ4n) is 3.91. The topological polar surface area (TPSA) is 78.5 Å². The van der Waals surface area contributed by atoms with Crippen LogP contribution in [-0.2, 0) is 23.1 Å². The van der Waals surface area contributed by atoms with Gasteiger partial charge in [0.05, 0.1) is 11.9 Å². The lowest BCUT2D eigenvalue weighted by Gasteiger charge is -2.31. The van der Waals surface area contributed by atoms with Crippen molar-refractivity contribution in [1.29, 1.82) is 0 Å². The second-order valence-electron chi connectivity index (χ2n) is 8.34. The Hall–Kier alpha value is -2.38. The van der Waals surface area contributed by atoms with Gasteiger partial charge in [-0.1, -0.05) is 37.3 Å². The van der Waals surface area contributed by atoms with Gasteiger partial charge in [0.25, 0.3) is 5.91 Å². The molecule has 0 aliphatic carbocycles. The van der Waals surface area contributed by atoms with Crippen LogP contribution >= 0.6 is 0 Å². The van der Waals surface area contributed by atoms with Gasteiger partial charge in [0.1, 0.15) is 0 Å². The van der Waals surface area contributed by atoms with Gasteiger partial charge in [-0.25, -0.2) is 8.42 Å². The first-order valence-electron chi connectivity index (χ1n) is 10.4. The van der Waals surface area contributed by atoms with Gasteiger partial charge in [0, 0.05) is 25.2 Å². The summed E-state index contributed by atoms with van der Waals surface area (Å²) in [5, 5.41) is 2.98. The molecule has 1 aliphatic rings. The molecule has 6 nitrogen and oxygen atoms in total. The first-order chi connectivity index (χ1) is 14.2. The Bertz CT molecular complexity index is 1000. The lowest BCUT2D eigenvalue weighted by Crippen LogP contribution is -2.34. The summed E-state index contributed by atoms with van der Waals surface area (Å²) in [7, 11) is -3.41. The molecule has 30 heavy (non-hydrogen) atoms. The van der Waals surface area contributed by atoms with E-state index in [1.165, 1.54) is 18.4 Å². The van der Waals surface area contributed by atoms with Crippen molar-refractivity contribution in [2.45, 2.75) is 39.8 Å². The molecule has 1 fully saturated rings. The van der Waals surface area contributed by atoms with Gasteiger partial charge in [-0.3, -0.25) is 14.4 Å². The maximum atomic E-state index is 12.7. The van der Waals surface area contributed by atoms with Crippen LogP contribution < -0.4 is 10.0 Å². The molecule has 1 saturated heterocycles. The zero-order valence-corrected chi connectivity index (χ0v) is 18.8. The van der Waals surface area contributed by atoms with Crippen molar-refractivity contribution in [1.82, 2.24) is 10.2 Å². The van der Waals surface area contributed by atoms with E-state index in [1.807, 2.05) is 12.1 Å². The van der Waals surface area contributed by atoms with Crippen molar-refractivity contribution in [2.75, 3.05) is 24.1 Å². The maximum absolute atomic E-state index is 12.7. The molecule has 1 atom stereocenters. The number of amides is 1. The first-order valence-corrected chi connectivity index (χ1v) is 12.3. The molecule has 2 aromatic rings. The highest BCUT2D eigenvalue weighted by molar-refractivity contribution is 7.92. The van der Waals surface area contributed by atoms with Crippen LogP contribution in [0.3, 0.4) is 0 Å². The molecule has 0 saturated carbocycles. The van der Waals surface area contributed by atoms with Crippen LogP contribution in [0.1, 0.15) is 46.8 Å². The zero-order chi connectivity index (χ0) is 21.7. The molecule has 7 heteroatoms. The zero-order valence-electron chi connectivity index (χ0n) is 17.9. The number of nitrogens with one attached hydrogen (secondary N) is 2. The van der Waals surface area contributed by atoms with Crippen molar-refractivity contribution in [3.8, 4) is 0 Å². The summed E-state index contributed by atoms with van der Waals surface area (Å²) < 4.78 is 25.6. The molecule has 3 rings (SSSR count). The minimum absolute atomic E-state index is 0.229. The highest BCUT2D eigenvalue weighted by atomic mass is 32.2. The molecule has 0 radical (unpaired) electrons. The first kappa shape index (κ1) is 22.3. The number of aryl methyl sites for hydroxylation is 1. The molecule has 162 valence electrons. The fourth-order valence-corrected chi connectivity index (χ4v) is 4.53. The second kappa shape index (κ2) is 9.62. The Balaban J connectivity index is 1.67. The Morgan fingerprint density at radius 3 is 2.60 bits per heavy atom. The Labute approximate surface area is 179 Å². The number of benzene rings is 2. The number of hydrogen-bond donors (Lipinski definition) is 2. The van der Waals surface area contributed by atoms with Gasteiger partial charge < -0.3 is 5.32 Å². The van der Waals surface area contributed by atoms with Crippen LogP contribution in [0.4, 0.5) is 5.69 Å². The average molecular weight is 430 g/mol. The molecular formula is C23H31N3O3S. The van der Waals surface area contributed by atoms with Crippen LogP contribution in [0, 0.1) is 12.8 Å². The van der Waals surface area contributed by atoms with E-state index in [-0.39, 0.29) is 5.91 Å². The van der Waals surface area contributed by atoms with E-state index >= 15 is 0 Å². The third kappa shape index (κ3) is 6.31. The fraction of sp³-hybridized carbons (Fsp3) is 0.435. The summed E-state index contributed by atoms with van der Waals surface area (Å²) in [6, 6.07) is 13.2. The predicted molar refractivity (Wildman–Crippen MR) is 121 cm³/mol. The molecule has 1 aliphatic heterocycles. The average Bonchev–Trinajstić information content (AvgIpc) is 2.68. The monoisotopic (exact) mass is 429 g/mol. The van der Waals surface area contributed by atoms with Crippen molar-refractivity contribution in [3.05, 3.63) is 64.7 Å². The quantitative estimate of drug-likeness (QED) is 0.706. The maximum Gasteiger partial charge on any atom is 0.251 e. The molecular weight excluding hydrogens is 398 g/mol. The molecule has 0 aromatic heterocycles. The normalized spacial score (nSPS) is 17.5. The number of anilines is 1. The van der Waals surface area contributed by atoms with E-state index in [4.69, 9.17) is 0 Å². The number of rotatable bonds is 7. The van der Waals surface area contributed by atoms with Crippen LogP contribution in [0.15, 0.2) is 42.5 Å². The molecule has 1 amide bonds. The third-order valence-electron chi connectivity index (χ3n) is 5.49. The number of piperidine rings is 1. The smallest absolute Gasteiger partial charge is 0.251 e. The lowest BCUT2D eigenvalue weighted by atomic mass is 9.99. The minimum atomic E-state index is -3.41. The molecule has 1 heterocycles. The van der Waals surface area contributed by atoms with E-state index in [9.17, 15) is 13.2 Å². The molecule has 1 unspecified atom stereocenters. The summed E-state index contributed by atoms with van der Waals surface area (Å²) in [4.78, 5) is 15.2.